The molecule has 0 saturated heterocycles. The summed E-state index contributed by atoms with van der Waals surface area (Å²) in [5.41, 5.74) is 0.976. The highest BCUT2D eigenvalue weighted by molar-refractivity contribution is 5.91. The molecule has 232 valence electrons. The molecule has 5 heteroatoms. The lowest BCUT2D eigenvalue weighted by molar-refractivity contribution is 0.0203. The van der Waals surface area contributed by atoms with Crippen LogP contribution < -0.4 is 4.74 Å². The molecule has 0 aliphatic heterocycles. The molecule has 3 rings (SSSR count). The predicted octanol–water partition coefficient (Wildman–Crippen LogP) is 11.2. The van der Waals surface area contributed by atoms with Crippen LogP contribution in [0.4, 0.5) is 8.78 Å². The summed E-state index contributed by atoms with van der Waals surface area (Å²) in [6.45, 7) is 4.76. The molecule has 2 aromatic rings. The number of hydrogen-bond acceptors (Lipinski definition) is 3. The Morgan fingerprint density at radius 3 is 2.00 bits per heavy atom. The first kappa shape index (κ1) is 34.0. The molecular weight excluding hydrogens is 530 g/mol. The Balaban J connectivity index is 1.24. The van der Waals surface area contributed by atoms with Gasteiger partial charge in [-0.15, -0.1) is 0 Å². The van der Waals surface area contributed by atoms with Gasteiger partial charge in [-0.05, 0) is 74.3 Å². The number of hydrogen-bond donors (Lipinski definition) is 0. The van der Waals surface area contributed by atoms with Crippen molar-refractivity contribution in [2.75, 3.05) is 6.61 Å². The van der Waals surface area contributed by atoms with E-state index in [1.807, 2.05) is 6.08 Å². The van der Waals surface area contributed by atoms with E-state index in [1.165, 1.54) is 101 Å². The van der Waals surface area contributed by atoms with Crippen molar-refractivity contribution in [2.45, 2.75) is 129 Å². The lowest BCUT2D eigenvalue weighted by Gasteiger charge is -2.27. The van der Waals surface area contributed by atoms with Gasteiger partial charge in [0.15, 0.2) is 0 Å². The Morgan fingerprint density at radius 2 is 1.40 bits per heavy atom. The lowest BCUT2D eigenvalue weighted by atomic mass is 9.87. The van der Waals surface area contributed by atoms with Gasteiger partial charge in [0, 0.05) is 12.7 Å². The topological polar surface area (TPSA) is 35.5 Å². The molecule has 0 spiro atoms. The standard InChI is InChI=1S/C37H52F2O3/c1-3-4-5-6-7-8-9-10-11-12-13-14-15-26-41-32-23-19-30(20-24-32)17-18-31-21-25-34(36(39)27-31)37(40)42-33-22-16-29(2)35(38)28-33/h16-18,21-22,25,27-28,30,32H,3-15,19-20,23-24,26H2,1-2H3/b18-17+. The van der Waals surface area contributed by atoms with Crippen LogP contribution in [-0.4, -0.2) is 18.7 Å². The van der Waals surface area contributed by atoms with Crippen LogP contribution in [0.2, 0.25) is 0 Å². The molecule has 3 nitrogen and oxygen atoms in total. The van der Waals surface area contributed by atoms with Crippen molar-refractivity contribution in [3.05, 3.63) is 70.8 Å². The van der Waals surface area contributed by atoms with E-state index in [9.17, 15) is 13.6 Å². The van der Waals surface area contributed by atoms with Gasteiger partial charge in [0.25, 0.3) is 0 Å². The van der Waals surface area contributed by atoms with E-state index >= 15 is 0 Å². The minimum Gasteiger partial charge on any atom is -0.423 e. The molecule has 0 radical (unpaired) electrons. The van der Waals surface area contributed by atoms with E-state index in [0.29, 0.717) is 23.1 Å². The van der Waals surface area contributed by atoms with Crippen molar-refractivity contribution in [1.82, 2.24) is 0 Å². The predicted molar refractivity (Wildman–Crippen MR) is 169 cm³/mol. The van der Waals surface area contributed by atoms with Gasteiger partial charge in [0.2, 0.25) is 0 Å². The van der Waals surface area contributed by atoms with Crippen molar-refractivity contribution in [3.63, 3.8) is 0 Å². The SMILES string of the molecule is CCCCCCCCCCCCCCCOC1CCC(/C=C/c2ccc(C(=O)Oc3ccc(C)c(F)c3)c(F)c2)CC1. The van der Waals surface area contributed by atoms with Gasteiger partial charge < -0.3 is 9.47 Å². The second kappa shape index (κ2) is 19.6. The van der Waals surface area contributed by atoms with Crippen molar-refractivity contribution in [2.24, 2.45) is 5.92 Å². The quantitative estimate of drug-likeness (QED) is 0.0939. The largest absolute Gasteiger partial charge is 0.423 e. The third-order valence-corrected chi connectivity index (χ3v) is 8.45. The number of halogens is 2. The highest BCUT2D eigenvalue weighted by Gasteiger charge is 2.20. The molecule has 2 aromatic carbocycles. The fourth-order valence-electron chi connectivity index (χ4n) is 5.66. The number of carbonyl (C=O) groups excluding carboxylic acids is 1. The number of aryl methyl sites for hydroxylation is 1. The number of allylic oxidation sites excluding steroid dienone is 1. The van der Waals surface area contributed by atoms with Crippen molar-refractivity contribution in [1.29, 1.82) is 0 Å². The summed E-state index contributed by atoms with van der Waals surface area (Å²) in [5.74, 6) is -1.47. The lowest BCUT2D eigenvalue weighted by Crippen LogP contribution is -2.21. The number of benzene rings is 2. The van der Waals surface area contributed by atoms with E-state index in [2.05, 4.69) is 13.0 Å². The Morgan fingerprint density at radius 1 is 0.786 bits per heavy atom. The van der Waals surface area contributed by atoms with Crippen molar-refractivity contribution >= 4 is 12.0 Å². The highest BCUT2D eigenvalue weighted by Crippen LogP contribution is 2.28. The Bertz CT molecular complexity index is 1090. The zero-order valence-electron chi connectivity index (χ0n) is 26.0. The summed E-state index contributed by atoms with van der Waals surface area (Å²) in [7, 11) is 0. The van der Waals surface area contributed by atoms with Crippen LogP contribution >= 0.6 is 0 Å². The van der Waals surface area contributed by atoms with Crippen molar-refractivity contribution in [3.8, 4) is 5.75 Å². The molecule has 0 atom stereocenters. The molecule has 0 bridgehead atoms. The summed E-state index contributed by atoms with van der Waals surface area (Å²) >= 11 is 0. The summed E-state index contributed by atoms with van der Waals surface area (Å²) in [6.07, 6.45) is 26.4. The molecule has 0 amide bonds. The number of carbonyl (C=O) groups is 1. The minimum absolute atomic E-state index is 0.0513. The summed E-state index contributed by atoms with van der Waals surface area (Å²) in [6, 6.07) is 8.60. The van der Waals surface area contributed by atoms with Gasteiger partial charge in [-0.25, -0.2) is 13.6 Å². The van der Waals surface area contributed by atoms with Crippen LogP contribution in [0.5, 0.6) is 5.75 Å². The molecule has 42 heavy (non-hydrogen) atoms. The number of unbranched alkanes of at least 4 members (excludes halogenated alkanes) is 12. The summed E-state index contributed by atoms with van der Waals surface area (Å²) in [5, 5.41) is 0. The van der Waals surface area contributed by atoms with Crippen LogP contribution in [-0.2, 0) is 4.74 Å². The third kappa shape index (κ3) is 12.8. The molecule has 0 heterocycles. The van der Waals surface area contributed by atoms with Gasteiger partial charge in [0.05, 0.1) is 11.7 Å². The second-order valence-electron chi connectivity index (χ2n) is 12.0. The van der Waals surface area contributed by atoms with E-state index in [4.69, 9.17) is 9.47 Å². The molecule has 1 fully saturated rings. The van der Waals surface area contributed by atoms with Crippen molar-refractivity contribution < 1.29 is 23.0 Å². The van der Waals surface area contributed by atoms with Crippen LogP contribution in [0.15, 0.2) is 42.5 Å². The highest BCUT2D eigenvalue weighted by atomic mass is 19.1. The zero-order chi connectivity index (χ0) is 30.0. The Labute approximate surface area is 253 Å². The average molecular weight is 583 g/mol. The molecule has 0 N–H and O–H groups in total. The molecule has 1 saturated carbocycles. The molecule has 0 aromatic heterocycles. The van der Waals surface area contributed by atoms with E-state index in [-0.39, 0.29) is 11.3 Å². The first-order valence-corrected chi connectivity index (χ1v) is 16.5. The number of rotatable bonds is 19. The van der Waals surface area contributed by atoms with Gasteiger partial charge in [-0.3, -0.25) is 0 Å². The minimum atomic E-state index is -0.844. The number of ether oxygens (including phenoxy) is 2. The summed E-state index contributed by atoms with van der Waals surface area (Å²) < 4.78 is 39.7. The maximum atomic E-state index is 14.7. The smallest absolute Gasteiger partial charge is 0.346 e. The van der Waals surface area contributed by atoms with Gasteiger partial charge in [-0.2, -0.15) is 0 Å². The maximum absolute atomic E-state index is 14.7. The van der Waals surface area contributed by atoms with E-state index < -0.39 is 17.6 Å². The van der Waals surface area contributed by atoms with E-state index in [1.54, 1.807) is 13.0 Å². The normalized spacial score (nSPS) is 17.1. The maximum Gasteiger partial charge on any atom is 0.346 e. The molecule has 1 aliphatic rings. The Kier molecular flexibility index (Phi) is 15.9. The average Bonchev–Trinajstić information content (AvgIpc) is 2.98. The first-order chi connectivity index (χ1) is 20.5. The van der Waals surface area contributed by atoms with Crippen LogP contribution in [0.25, 0.3) is 6.08 Å². The van der Waals surface area contributed by atoms with Gasteiger partial charge in [0.1, 0.15) is 17.4 Å². The summed E-state index contributed by atoms with van der Waals surface area (Å²) in [4.78, 5) is 12.4. The molecular formula is C37H52F2O3. The molecule has 0 unspecified atom stereocenters. The second-order valence-corrected chi connectivity index (χ2v) is 12.0. The zero-order valence-corrected chi connectivity index (χ0v) is 26.0. The van der Waals surface area contributed by atoms with Gasteiger partial charge >= 0.3 is 5.97 Å². The first-order valence-electron chi connectivity index (χ1n) is 16.5. The van der Waals surface area contributed by atoms with Crippen LogP contribution in [0.1, 0.15) is 138 Å². The third-order valence-electron chi connectivity index (χ3n) is 8.45. The van der Waals surface area contributed by atoms with Crippen LogP contribution in [0, 0.1) is 24.5 Å². The Hall–Kier alpha value is -2.53. The van der Waals surface area contributed by atoms with Gasteiger partial charge in [-0.1, -0.05) is 108 Å². The number of esters is 1. The van der Waals surface area contributed by atoms with E-state index in [0.717, 1.165) is 44.8 Å². The molecule has 1 aliphatic carbocycles. The fourth-order valence-corrected chi connectivity index (χ4v) is 5.66. The van der Waals surface area contributed by atoms with Crippen LogP contribution in [0.3, 0.4) is 0 Å². The monoisotopic (exact) mass is 582 g/mol. The fraction of sp³-hybridized carbons (Fsp3) is 0.595.